The Morgan fingerprint density at radius 2 is 2.15 bits per heavy atom. The Bertz CT molecular complexity index is 600. The van der Waals surface area contributed by atoms with E-state index in [2.05, 4.69) is 0 Å². The lowest BCUT2D eigenvalue weighted by atomic mass is 10.0. The van der Waals surface area contributed by atoms with Crippen LogP contribution in [0.5, 0.6) is 0 Å². The summed E-state index contributed by atoms with van der Waals surface area (Å²) < 4.78 is 25.2. The molecule has 20 heavy (non-hydrogen) atoms. The Kier molecular flexibility index (Phi) is 4.33. The van der Waals surface area contributed by atoms with Gasteiger partial charge in [-0.25, -0.2) is 8.42 Å². The highest BCUT2D eigenvalue weighted by atomic mass is 35.5. The average molecular weight is 318 g/mol. The normalized spacial score (nSPS) is 23.4. The molecule has 3 unspecified atom stereocenters. The minimum absolute atomic E-state index is 0.180. The van der Waals surface area contributed by atoms with E-state index in [-0.39, 0.29) is 17.9 Å². The van der Waals surface area contributed by atoms with E-state index in [0.29, 0.717) is 17.3 Å². The molecule has 1 aromatic rings. The maximum atomic E-state index is 11.9. The zero-order valence-electron chi connectivity index (χ0n) is 11.9. The lowest BCUT2D eigenvalue weighted by Crippen LogP contribution is -2.30. The van der Waals surface area contributed by atoms with Crippen molar-refractivity contribution in [2.24, 2.45) is 5.92 Å². The van der Waals surface area contributed by atoms with Crippen molar-refractivity contribution in [3.05, 3.63) is 28.8 Å². The number of rotatable bonds is 5. The number of anilines is 1. The fourth-order valence-electron chi connectivity index (χ4n) is 2.76. The van der Waals surface area contributed by atoms with Gasteiger partial charge < -0.3 is 5.11 Å². The van der Waals surface area contributed by atoms with Crippen molar-refractivity contribution < 1.29 is 13.5 Å². The molecule has 0 heterocycles. The van der Waals surface area contributed by atoms with Crippen LogP contribution in [0.25, 0.3) is 0 Å². The summed E-state index contributed by atoms with van der Waals surface area (Å²) >= 11 is 6.24. The molecule has 0 aromatic heterocycles. The van der Waals surface area contributed by atoms with Crippen LogP contribution in [-0.2, 0) is 10.0 Å². The monoisotopic (exact) mass is 317 g/mol. The van der Waals surface area contributed by atoms with Crippen LogP contribution in [0.3, 0.4) is 0 Å². The van der Waals surface area contributed by atoms with E-state index in [1.54, 1.807) is 19.9 Å². The molecule has 2 rings (SSSR count). The van der Waals surface area contributed by atoms with Crippen LogP contribution in [0.1, 0.15) is 31.7 Å². The lowest BCUT2D eigenvalue weighted by Gasteiger charge is -2.25. The van der Waals surface area contributed by atoms with Crippen LogP contribution < -0.4 is 4.31 Å². The average Bonchev–Trinajstić information content (AvgIpc) is 3.10. The zero-order valence-corrected chi connectivity index (χ0v) is 13.4. The van der Waals surface area contributed by atoms with E-state index >= 15 is 0 Å². The molecule has 0 spiro atoms. The van der Waals surface area contributed by atoms with Gasteiger partial charge in [-0.3, -0.25) is 4.31 Å². The van der Waals surface area contributed by atoms with Crippen molar-refractivity contribution in [2.45, 2.75) is 32.3 Å². The van der Waals surface area contributed by atoms with Crippen molar-refractivity contribution in [1.29, 1.82) is 0 Å². The number of benzene rings is 1. The molecule has 0 radical (unpaired) electrons. The summed E-state index contributed by atoms with van der Waals surface area (Å²) in [6.07, 6.45) is 1.66. The molecule has 3 atom stereocenters. The first-order chi connectivity index (χ1) is 9.27. The molecule has 1 aliphatic carbocycles. The Hall–Kier alpha value is -0.780. The third kappa shape index (κ3) is 2.95. The van der Waals surface area contributed by atoms with Gasteiger partial charge in [0.1, 0.15) is 0 Å². The molecule has 1 aliphatic rings. The standard InChI is InChI=1S/C14H20ClNO3S/c1-4-16(20(3,18)19)14-10(6-5-7-13(14)15)12-8-11(12)9(2)17/h5-7,9,11-12,17H,4,8H2,1-3H3. The summed E-state index contributed by atoms with van der Waals surface area (Å²) in [4.78, 5) is 0. The largest absolute Gasteiger partial charge is 0.393 e. The molecular formula is C14H20ClNO3S. The van der Waals surface area contributed by atoms with E-state index in [1.807, 2.05) is 12.1 Å². The van der Waals surface area contributed by atoms with E-state index < -0.39 is 10.0 Å². The fourth-order valence-corrected chi connectivity index (χ4v) is 4.10. The summed E-state index contributed by atoms with van der Waals surface area (Å²) in [5.74, 6) is 0.366. The molecule has 1 aromatic carbocycles. The first-order valence-corrected chi connectivity index (χ1v) is 8.94. The highest BCUT2D eigenvalue weighted by Gasteiger charge is 2.43. The van der Waals surface area contributed by atoms with Crippen LogP contribution in [0.15, 0.2) is 18.2 Å². The summed E-state index contributed by atoms with van der Waals surface area (Å²) in [6.45, 7) is 3.89. The van der Waals surface area contributed by atoms with E-state index in [4.69, 9.17) is 11.6 Å². The van der Waals surface area contributed by atoms with Gasteiger partial charge in [-0.05, 0) is 43.7 Å². The Morgan fingerprint density at radius 3 is 2.60 bits per heavy atom. The maximum Gasteiger partial charge on any atom is 0.232 e. The van der Waals surface area contributed by atoms with Crippen LogP contribution >= 0.6 is 11.6 Å². The quantitative estimate of drug-likeness (QED) is 0.908. The molecule has 1 fully saturated rings. The lowest BCUT2D eigenvalue weighted by molar-refractivity contribution is 0.169. The molecule has 4 nitrogen and oxygen atoms in total. The number of sulfonamides is 1. The van der Waals surface area contributed by atoms with Crippen molar-refractivity contribution in [3.63, 3.8) is 0 Å². The second kappa shape index (κ2) is 5.54. The van der Waals surface area contributed by atoms with Gasteiger partial charge in [-0.15, -0.1) is 0 Å². The third-order valence-electron chi connectivity index (χ3n) is 3.81. The first-order valence-electron chi connectivity index (χ1n) is 6.71. The Labute approximate surface area is 125 Å². The number of halogens is 1. The van der Waals surface area contributed by atoms with Crippen molar-refractivity contribution in [3.8, 4) is 0 Å². The SMILES string of the molecule is CCN(c1c(Cl)cccc1C1CC1C(C)O)S(C)(=O)=O. The van der Waals surface area contributed by atoms with Gasteiger partial charge in [0.15, 0.2) is 0 Å². The van der Waals surface area contributed by atoms with Gasteiger partial charge in [0.2, 0.25) is 10.0 Å². The minimum Gasteiger partial charge on any atom is -0.393 e. The molecule has 1 N–H and O–H groups in total. The van der Waals surface area contributed by atoms with Crippen LogP contribution in [-0.4, -0.2) is 32.4 Å². The van der Waals surface area contributed by atoms with Crippen LogP contribution in [0, 0.1) is 5.92 Å². The van der Waals surface area contributed by atoms with Crippen LogP contribution in [0.4, 0.5) is 5.69 Å². The third-order valence-corrected chi connectivity index (χ3v) is 5.36. The summed E-state index contributed by atoms with van der Waals surface area (Å²) in [5.41, 5.74) is 1.47. The summed E-state index contributed by atoms with van der Waals surface area (Å²) in [5, 5.41) is 10.1. The number of aliphatic hydroxyl groups is 1. The Balaban J connectivity index is 2.48. The molecule has 0 bridgehead atoms. The minimum atomic E-state index is -3.37. The molecule has 0 aliphatic heterocycles. The maximum absolute atomic E-state index is 11.9. The van der Waals surface area contributed by atoms with Crippen molar-refractivity contribution in [1.82, 2.24) is 0 Å². The fraction of sp³-hybridized carbons (Fsp3) is 0.571. The van der Waals surface area contributed by atoms with Gasteiger partial charge in [-0.1, -0.05) is 23.7 Å². The predicted molar refractivity (Wildman–Crippen MR) is 81.8 cm³/mol. The number of hydrogen-bond acceptors (Lipinski definition) is 3. The van der Waals surface area contributed by atoms with E-state index in [0.717, 1.165) is 12.0 Å². The molecule has 1 saturated carbocycles. The molecule has 6 heteroatoms. The van der Waals surface area contributed by atoms with E-state index in [9.17, 15) is 13.5 Å². The molecule has 0 amide bonds. The highest BCUT2D eigenvalue weighted by molar-refractivity contribution is 7.92. The predicted octanol–water partition coefficient (Wildman–Crippen LogP) is 2.61. The van der Waals surface area contributed by atoms with Gasteiger partial charge in [0.25, 0.3) is 0 Å². The van der Waals surface area contributed by atoms with Gasteiger partial charge in [0.05, 0.1) is 23.1 Å². The van der Waals surface area contributed by atoms with Crippen molar-refractivity contribution in [2.75, 3.05) is 17.1 Å². The summed E-state index contributed by atoms with van der Waals surface area (Å²) in [7, 11) is -3.37. The Morgan fingerprint density at radius 1 is 1.50 bits per heavy atom. The molecule has 112 valence electrons. The number of para-hydroxylation sites is 1. The van der Waals surface area contributed by atoms with Crippen LogP contribution in [0.2, 0.25) is 5.02 Å². The smallest absolute Gasteiger partial charge is 0.232 e. The summed E-state index contributed by atoms with van der Waals surface area (Å²) in [6, 6.07) is 5.44. The zero-order chi connectivity index (χ0) is 15.1. The van der Waals surface area contributed by atoms with Crippen molar-refractivity contribution >= 4 is 27.3 Å². The number of hydrogen-bond donors (Lipinski definition) is 1. The number of aliphatic hydroxyl groups excluding tert-OH is 1. The molecule has 0 saturated heterocycles. The number of nitrogens with zero attached hydrogens (tertiary/aromatic N) is 1. The van der Waals surface area contributed by atoms with E-state index in [1.165, 1.54) is 10.6 Å². The van der Waals surface area contributed by atoms with Gasteiger partial charge >= 0.3 is 0 Å². The van der Waals surface area contributed by atoms with Gasteiger partial charge in [0, 0.05) is 6.54 Å². The van der Waals surface area contributed by atoms with Gasteiger partial charge in [-0.2, -0.15) is 0 Å². The topological polar surface area (TPSA) is 57.6 Å². The highest BCUT2D eigenvalue weighted by Crippen LogP contribution is 2.53. The second-order valence-corrected chi connectivity index (χ2v) is 7.67. The second-order valence-electron chi connectivity index (χ2n) is 5.35. The first kappa shape index (κ1) is 15.6. The molecular weight excluding hydrogens is 298 g/mol.